The van der Waals surface area contributed by atoms with Crippen LogP contribution in [-0.4, -0.2) is 24.9 Å². The molecule has 4 aromatic rings. The summed E-state index contributed by atoms with van der Waals surface area (Å²) in [6.07, 6.45) is 0.111. The summed E-state index contributed by atoms with van der Waals surface area (Å²) >= 11 is 6.21. The Hall–Kier alpha value is -3.77. The second-order valence-corrected chi connectivity index (χ2v) is 8.13. The van der Waals surface area contributed by atoms with E-state index in [-0.39, 0.29) is 11.4 Å². The van der Waals surface area contributed by atoms with Gasteiger partial charge in [0.15, 0.2) is 11.9 Å². The molecule has 0 aliphatic rings. The van der Waals surface area contributed by atoms with Crippen molar-refractivity contribution < 1.29 is 23.5 Å². The number of ether oxygens (including phenoxy) is 2. The van der Waals surface area contributed by atoms with Gasteiger partial charge in [-0.25, -0.2) is 0 Å². The minimum atomic E-state index is -0.806. The number of benzene rings is 3. The molecule has 1 unspecified atom stereocenters. The number of para-hydroxylation sites is 1. The Labute approximate surface area is 202 Å². The first-order valence-corrected chi connectivity index (χ1v) is 11.2. The molecule has 7 heteroatoms. The van der Waals surface area contributed by atoms with E-state index < -0.39 is 17.8 Å². The summed E-state index contributed by atoms with van der Waals surface area (Å²) in [5.41, 5.74) is 2.25. The number of ketones is 1. The van der Waals surface area contributed by atoms with Crippen molar-refractivity contribution in [1.82, 2.24) is 0 Å². The van der Waals surface area contributed by atoms with Gasteiger partial charge in [0.1, 0.15) is 17.1 Å². The van der Waals surface area contributed by atoms with Crippen LogP contribution in [0.4, 0.5) is 5.69 Å². The lowest BCUT2D eigenvalue weighted by Gasteiger charge is -2.15. The Bertz CT molecular complexity index is 1340. The van der Waals surface area contributed by atoms with Gasteiger partial charge in [-0.3, -0.25) is 9.59 Å². The third-order valence-corrected chi connectivity index (χ3v) is 5.77. The molecule has 1 N–H and O–H groups in total. The molecule has 3 aromatic carbocycles. The van der Waals surface area contributed by atoms with Crippen LogP contribution in [-0.2, 0) is 11.2 Å². The predicted octanol–water partition coefficient (Wildman–Crippen LogP) is 6.29. The van der Waals surface area contributed by atoms with Crippen molar-refractivity contribution in [2.75, 3.05) is 12.4 Å². The summed E-state index contributed by atoms with van der Waals surface area (Å²) in [5.74, 6) is 0.221. The number of halogens is 1. The number of furan rings is 1. The zero-order valence-corrected chi connectivity index (χ0v) is 19.8. The summed E-state index contributed by atoms with van der Waals surface area (Å²) in [5, 5.41) is 3.73. The number of rotatable bonds is 8. The molecule has 0 spiro atoms. The Balaban J connectivity index is 1.62. The standard InChI is InChI=1S/C27H24ClNO5/c1-4-17-9-12-19(13-10-17)33-16(2)27(31)29-24-20-7-5-6-8-22(20)34-26(24)25(30)18-11-14-23(32-3)21(28)15-18/h5-16H,4H2,1-3H3,(H,29,31). The van der Waals surface area contributed by atoms with Gasteiger partial charge in [-0.2, -0.15) is 0 Å². The lowest BCUT2D eigenvalue weighted by Crippen LogP contribution is -2.30. The second-order valence-electron chi connectivity index (χ2n) is 7.73. The maximum absolute atomic E-state index is 13.3. The van der Waals surface area contributed by atoms with E-state index in [4.69, 9.17) is 25.5 Å². The number of carbonyl (C=O) groups is 2. The van der Waals surface area contributed by atoms with Crippen molar-refractivity contribution in [2.45, 2.75) is 26.4 Å². The molecule has 0 bridgehead atoms. The van der Waals surface area contributed by atoms with Gasteiger partial charge in [0.05, 0.1) is 17.8 Å². The Morgan fingerprint density at radius 1 is 1.06 bits per heavy atom. The third kappa shape index (κ3) is 4.77. The molecule has 1 atom stereocenters. The number of amides is 1. The van der Waals surface area contributed by atoms with Gasteiger partial charge in [-0.05, 0) is 61.4 Å². The SMILES string of the molecule is CCc1ccc(OC(C)C(=O)Nc2c(C(=O)c3ccc(OC)c(Cl)c3)oc3ccccc23)cc1. The highest BCUT2D eigenvalue weighted by atomic mass is 35.5. The quantitative estimate of drug-likeness (QED) is 0.301. The first kappa shape index (κ1) is 23.4. The lowest BCUT2D eigenvalue weighted by atomic mass is 10.1. The van der Waals surface area contributed by atoms with Crippen molar-refractivity contribution >= 4 is 39.9 Å². The van der Waals surface area contributed by atoms with Crippen molar-refractivity contribution in [1.29, 1.82) is 0 Å². The van der Waals surface area contributed by atoms with Crippen LogP contribution in [0.2, 0.25) is 5.02 Å². The molecular formula is C27H24ClNO5. The molecule has 0 saturated heterocycles. The van der Waals surface area contributed by atoms with E-state index in [1.54, 1.807) is 43.3 Å². The van der Waals surface area contributed by atoms with Crippen LogP contribution in [0.1, 0.15) is 35.5 Å². The molecule has 1 amide bonds. The predicted molar refractivity (Wildman–Crippen MR) is 132 cm³/mol. The molecule has 4 rings (SSSR count). The normalized spacial score (nSPS) is 11.8. The monoisotopic (exact) mass is 477 g/mol. The molecule has 34 heavy (non-hydrogen) atoms. The first-order chi connectivity index (χ1) is 16.4. The van der Waals surface area contributed by atoms with Crippen molar-refractivity contribution in [3.63, 3.8) is 0 Å². The fourth-order valence-electron chi connectivity index (χ4n) is 3.55. The molecule has 0 aliphatic heterocycles. The highest BCUT2D eigenvalue weighted by Gasteiger charge is 2.26. The summed E-state index contributed by atoms with van der Waals surface area (Å²) in [6.45, 7) is 3.72. The fourth-order valence-corrected chi connectivity index (χ4v) is 3.81. The summed E-state index contributed by atoms with van der Waals surface area (Å²) in [7, 11) is 1.50. The number of fused-ring (bicyclic) bond motifs is 1. The highest BCUT2D eigenvalue weighted by Crippen LogP contribution is 2.34. The van der Waals surface area contributed by atoms with E-state index in [2.05, 4.69) is 12.2 Å². The number of anilines is 1. The summed E-state index contributed by atoms with van der Waals surface area (Å²) in [4.78, 5) is 26.3. The van der Waals surface area contributed by atoms with Crippen LogP contribution in [0.25, 0.3) is 11.0 Å². The van der Waals surface area contributed by atoms with Gasteiger partial charge in [0.25, 0.3) is 5.91 Å². The minimum Gasteiger partial charge on any atom is -0.495 e. The number of aryl methyl sites for hydroxylation is 1. The van der Waals surface area contributed by atoms with E-state index in [1.807, 2.05) is 24.3 Å². The van der Waals surface area contributed by atoms with E-state index in [1.165, 1.54) is 18.7 Å². The summed E-state index contributed by atoms with van der Waals surface area (Å²) in [6, 6.07) is 19.4. The second kappa shape index (κ2) is 10.0. The minimum absolute atomic E-state index is 0.00952. The fraction of sp³-hybridized carbons (Fsp3) is 0.185. The van der Waals surface area contributed by atoms with E-state index in [9.17, 15) is 9.59 Å². The molecule has 0 fully saturated rings. The molecule has 0 saturated carbocycles. The smallest absolute Gasteiger partial charge is 0.265 e. The average molecular weight is 478 g/mol. The molecule has 0 aliphatic carbocycles. The van der Waals surface area contributed by atoms with E-state index in [0.717, 1.165) is 6.42 Å². The Kier molecular flexibility index (Phi) is 6.89. The van der Waals surface area contributed by atoms with Crippen LogP contribution in [0.3, 0.4) is 0 Å². The highest BCUT2D eigenvalue weighted by molar-refractivity contribution is 6.32. The number of carbonyl (C=O) groups excluding carboxylic acids is 2. The summed E-state index contributed by atoms with van der Waals surface area (Å²) < 4.78 is 16.8. The number of hydrogen-bond donors (Lipinski definition) is 1. The number of hydrogen-bond acceptors (Lipinski definition) is 5. The average Bonchev–Trinajstić information content (AvgIpc) is 3.22. The zero-order valence-electron chi connectivity index (χ0n) is 19.1. The van der Waals surface area contributed by atoms with E-state index in [0.29, 0.717) is 33.1 Å². The largest absolute Gasteiger partial charge is 0.495 e. The molecule has 6 nitrogen and oxygen atoms in total. The molecule has 1 heterocycles. The Morgan fingerprint density at radius 2 is 1.79 bits per heavy atom. The van der Waals surface area contributed by atoms with Crippen LogP contribution in [0, 0.1) is 0 Å². The topological polar surface area (TPSA) is 77.8 Å². The molecule has 0 radical (unpaired) electrons. The van der Waals surface area contributed by atoms with Gasteiger partial charge in [-0.15, -0.1) is 0 Å². The molecular weight excluding hydrogens is 454 g/mol. The Morgan fingerprint density at radius 3 is 2.47 bits per heavy atom. The van der Waals surface area contributed by atoms with Gasteiger partial charge >= 0.3 is 0 Å². The van der Waals surface area contributed by atoms with Gasteiger partial charge in [0, 0.05) is 10.9 Å². The van der Waals surface area contributed by atoms with Crippen LogP contribution in [0.5, 0.6) is 11.5 Å². The maximum atomic E-state index is 13.3. The van der Waals surface area contributed by atoms with Gasteiger partial charge in [-0.1, -0.05) is 42.8 Å². The van der Waals surface area contributed by atoms with Crippen LogP contribution >= 0.6 is 11.6 Å². The van der Waals surface area contributed by atoms with Crippen molar-refractivity contribution in [3.05, 3.63) is 88.6 Å². The van der Waals surface area contributed by atoms with Gasteiger partial charge in [0.2, 0.25) is 5.78 Å². The number of nitrogens with one attached hydrogen (secondary N) is 1. The van der Waals surface area contributed by atoms with Crippen molar-refractivity contribution in [3.8, 4) is 11.5 Å². The van der Waals surface area contributed by atoms with Crippen LogP contribution in [0.15, 0.2) is 71.1 Å². The molecule has 1 aromatic heterocycles. The third-order valence-electron chi connectivity index (χ3n) is 5.48. The van der Waals surface area contributed by atoms with E-state index >= 15 is 0 Å². The lowest BCUT2D eigenvalue weighted by molar-refractivity contribution is -0.122. The number of methoxy groups -OCH3 is 1. The van der Waals surface area contributed by atoms with Gasteiger partial charge < -0.3 is 19.2 Å². The maximum Gasteiger partial charge on any atom is 0.265 e. The first-order valence-electron chi connectivity index (χ1n) is 10.9. The van der Waals surface area contributed by atoms with Crippen molar-refractivity contribution in [2.24, 2.45) is 0 Å². The van der Waals surface area contributed by atoms with Crippen LogP contribution < -0.4 is 14.8 Å². The zero-order chi connectivity index (χ0) is 24.2. The molecule has 174 valence electrons.